The van der Waals surface area contributed by atoms with Crippen molar-refractivity contribution in [3.8, 4) is 0 Å². The second kappa shape index (κ2) is 6.39. The molecule has 0 saturated heterocycles. The predicted molar refractivity (Wildman–Crippen MR) is 87.7 cm³/mol. The molecule has 0 radical (unpaired) electrons. The summed E-state index contributed by atoms with van der Waals surface area (Å²) in [7, 11) is 3.31. The Morgan fingerprint density at radius 1 is 1.42 bits per heavy atom. The van der Waals surface area contributed by atoms with Crippen LogP contribution in [0.15, 0.2) is 23.0 Å². The topological polar surface area (TPSA) is 60.1 Å². The molecule has 0 saturated carbocycles. The monoisotopic (exact) mass is 352 g/mol. The van der Waals surface area contributed by atoms with Crippen LogP contribution < -0.4 is 5.69 Å². The van der Waals surface area contributed by atoms with Crippen LogP contribution in [-0.4, -0.2) is 38.2 Å². The molecule has 1 aromatic heterocycles. The van der Waals surface area contributed by atoms with Gasteiger partial charge in [-0.2, -0.15) is 5.10 Å². The number of rotatable bonds is 2. The van der Waals surface area contributed by atoms with Crippen LogP contribution in [0.1, 0.15) is 29.0 Å². The summed E-state index contributed by atoms with van der Waals surface area (Å²) >= 11 is 6.03. The fourth-order valence-corrected chi connectivity index (χ4v) is 3.29. The standard InChI is InChI=1S/C16H18ClFN4O2/c1-20(15(23)12-9-10(18)3-5-13(12)17)11-4-6-14-19-21(2)16(24)22(14)8-7-11/h3,5,9,11H,4,6-8H2,1-2H3/t11-/m0/s1. The Hall–Kier alpha value is -2.15. The first-order valence-electron chi connectivity index (χ1n) is 7.73. The van der Waals surface area contributed by atoms with Crippen molar-refractivity contribution in [3.05, 3.63) is 50.9 Å². The number of benzene rings is 1. The molecule has 3 rings (SSSR count). The third-order valence-electron chi connectivity index (χ3n) is 4.50. The van der Waals surface area contributed by atoms with Gasteiger partial charge in [0.05, 0.1) is 10.6 Å². The van der Waals surface area contributed by atoms with Crippen LogP contribution in [0.2, 0.25) is 5.02 Å². The molecule has 1 atom stereocenters. The third-order valence-corrected chi connectivity index (χ3v) is 4.83. The molecule has 6 nitrogen and oxygen atoms in total. The van der Waals surface area contributed by atoms with E-state index in [9.17, 15) is 14.0 Å². The lowest BCUT2D eigenvalue weighted by atomic mass is 10.1. The van der Waals surface area contributed by atoms with Crippen molar-refractivity contribution in [2.24, 2.45) is 7.05 Å². The number of carbonyl (C=O) groups excluding carboxylic acids is 1. The molecule has 2 heterocycles. The van der Waals surface area contributed by atoms with Crippen LogP contribution in [0, 0.1) is 5.82 Å². The summed E-state index contributed by atoms with van der Waals surface area (Å²) < 4.78 is 16.4. The van der Waals surface area contributed by atoms with Crippen molar-refractivity contribution in [2.75, 3.05) is 7.05 Å². The van der Waals surface area contributed by atoms with Gasteiger partial charge < -0.3 is 4.90 Å². The lowest BCUT2D eigenvalue weighted by molar-refractivity contribution is 0.0715. The van der Waals surface area contributed by atoms with Crippen LogP contribution >= 0.6 is 11.6 Å². The Morgan fingerprint density at radius 2 is 2.17 bits per heavy atom. The van der Waals surface area contributed by atoms with Crippen molar-refractivity contribution >= 4 is 17.5 Å². The van der Waals surface area contributed by atoms with Crippen LogP contribution in [0.25, 0.3) is 0 Å². The van der Waals surface area contributed by atoms with E-state index in [1.807, 2.05) is 0 Å². The minimum atomic E-state index is -0.499. The lowest BCUT2D eigenvalue weighted by Gasteiger charge is -2.27. The van der Waals surface area contributed by atoms with E-state index >= 15 is 0 Å². The number of amides is 1. The maximum Gasteiger partial charge on any atom is 0.345 e. The number of nitrogens with zero attached hydrogens (tertiary/aromatic N) is 4. The molecule has 0 aliphatic carbocycles. The number of aromatic nitrogens is 3. The van der Waals surface area contributed by atoms with E-state index in [0.717, 1.165) is 11.9 Å². The summed E-state index contributed by atoms with van der Waals surface area (Å²) in [5, 5.41) is 4.45. The minimum absolute atomic E-state index is 0.0664. The molecule has 24 heavy (non-hydrogen) atoms. The van der Waals surface area contributed by atoms with E-state index < -0.39 is 5.82 Å². The van der Waals surface area contributed by atoms with Gasteiger partial charge in [0.15, 0.2) is 0 Å². The largest absolute Gasteiger partial charge is 0.345 e. The Balaban J connectivity index is 1.79. The highest BCUT2D eigenvalue weighted by Crippen LogP contribution is 2.22. The van der Waals surface area contributed by atoms with E-state index in [2.05, 4.69) is 5.10 Å². The van der Waals surface area contributed by atoms with Crippen LogP contribution in [0.5, 0.6) is 0 Å². The van der Waals surface area contributed by atoms with Gasteiger partial charge in [-0.25, -0.2) is 13.9 Å². The summed E-state index contributed by atoms with van der Waals surface area (Å²) in [6.45, 7) is 0.501. The summed E-state index contributed by atoms with van der Waals surface area (Å²) in [4.78, 5) is 26.2. The zero-order chi connectivity index (χ0) is 17.4. The first kappa shape index (κ1) is 16.7. The average molecular weight is 353 g/mol. The fraction of sp³-hybridized carbons (Fsp3) is 0.438. The zero-order valence-electron chi connectivity index (χ0n) is 13.5. The van der Waals surface area contributed by atoms with Gasteiger partial charge >= 0.3 is 5.69 Å². The zero-order valence-corrected chi connectivity index (χ0v) is 14.3. The molecular formula is C16H18ClFN4O2. The third kappa shape index (κ3) is 2.96. The molecule has 0 N–H and O–H groups in total. The minimum Gasteiger partial charge on any atom is -0.339 e. The molecule has 128 valence electrons. The Morgan fingerprint density at radius 3 is 2.92 bits per heavy atom. The van der Waals surface area contributed by atoms with E-state index in [-0.39, 0.29) is 28.2 Å². The van der Waals surface area contributed by atoms with E-state index in [4.69, 9.17) is 11.6 Å². The van der Waals surface area contributed by atoms with Gasteiger partial charge in [-0.3, -0.25) is 9.36 Å². The maximum atomic E-state index is 13.4. The Bertz CT molecular complexity index is 845. The highest BCUT2D eigenvalue weighted by atomic mass is 35.5. The smallest absolute Gasteiger partial charge is 0.339 e. The second-order valence-corrected chi connectivity index (χ2v) is 6.40. The van der Waals surface area contributed by atoms with Crippen molar-refractivity contribution in [3.63, 3.8) is 0 Å². The number of hydrogen-bond donors (Lipinski definition) is 0. The molecule has 1 aromatic carbocycles. The van der Waals surface area contributed by atoms with Gasteiger partial charge in [-0.1, -0.05) is 11.6 Å². The van der Waals surface area contributed by atoms with Gasteiger partial charge in [-0.15, -0.1) is 0 Å². The van der Waals surface area contributed by atoms with Crippen LogP contribution in [0.4, 0.5) is 4.39 Å². The van der Waals surface area contributed by atoms with Crippen molar-refractivity contribution in [2.45, 2.75) is 31.8 Å². The van der Waals surface area contributed by atoms with Gasteiger partial charge in [0, 0.05) is 33.1 Å². The Kier molecular flexibility index (Phi) is 4.45. The molecule has 0 spiro atoms. The maximum absolute atomic E-state index is 13.4. The van der Waals surface area contributed by atoms with Gasteiger partial charge in [-0.05, 0) is 31.0 Å². The normalized spacial score (nSPS) is 17.2. The van der Waals surface area contributed by atoms with Crippen molar-refractivity contribution in [1.29, 1.82) is 0 Å². The van der Waals surface area contributed by atoms with Crippen molar-refractivity contribution in [1.82, 2.24) is 19.2 Å². The lowest BCUT2D eigenvalue weighted by Crippen LogP contribution is -2.38. The molecule has 1 aliphatic rings. The summed E-state index contributed by atoms with van der Waals surface area (Å²) in [6, 6.07) is 3.69. The molecule has 2 aromatic rings. The molecule has 0 unspecified atom stereocenters. The average Bonchev–Trinajstić information content (AvgIpc) is 2.73. The quantitative estimate of drug-likeness (QED) is 0.828. The first-order chi connectivity index (χ1) is 11.4. The van der Waals surface area contributed by atoms with Crippen LogP contribution in [-0.2, 0) is 20.0 Å². The number of fused-ring (bicyclic) bond motifs is 1. The molecule has 0 bridgehead atoms. The van der Waals surface area contributed by atoms with Gasteiger partial charge in [0.2, 0.25) is 0 Å². The highest BCUT2D eigenvalue weighted by molar-refractivity contribution is 6.33. The molecule has 8 heteroatoms. The molecule has 1 aliphatic heterocycles. The SMILES string of the molecule is CN(C(=O)c1cc(F)ccc1Cl)[C@H]1CCc2nn(C)c(=O)n2CC1. The Labute approximate surface area is 143 Å². The van der Waals surface area contributed by atoms with E-state index in [0.29, 0.717) is 25.8 Å². The number of halogens is 2. The van der Waals surface area contributed by atoms with Crippen LogP contribution in [0.3, 0.4) is 0 Å². The summed E-state index contributed by atoms with van der Waals surface area (Å²) in [6.07, 6.45) is 1.93. The van der Waals surface area contributed by atoms with Gasteiger partial charge in [0.1, 0.15) is 11.6 Å². The first-order valence-corrected chi connectivity index (χ1v) is 8.11. The molecule has 1 amide bonds. The fourth-order valence-electron chi connectivity index (χ4n) is 3.09. The summed E-state index contributed by atoms with van der Waals surface area (Å²) in [5.74, 6) is -0.0905. The molecule has 0 fully saturated rings. The van der Waals surface area contributed by atoms with E-state index in [1.165, 1.54) is 16.8 Å². The predicted octanol–water partition coefficient (Wildman–Crippen LogP) is 1.85. The number of carbonyl (C=O) groups is 1. The number of hydrogen-bond acceptors (Lipinski definition) is 3. The van der Waals surface area contributed by atoms with E-state index in [1.54, 1.807) is 23.6 Å². The van der Waals surface area contributed by atoms with Crippen molar-refractivity contribution < 1.29 is 9.18 Å². The second-order valence-electron chi connectivity index (χ2n) is 6.00. The number of aryl methyl sites for hydroxylation is 2. The van der Waals surface area contributed by atoms with Gasteiger partial charge in [0.25, 0.3) is 5.91 Å². The molecular weight excluding hydrogens is 335 g/mol. The highest BCUT2D eigenvalue weighted by Gasteiger charge is 2.27. The summed E-state index contributed by atoms with van der Waals surface area (Å²) in [5.41, 5.74) is 0.00451.